The van der Waals surface area contributed by atoms with Gasteiger partial charge in [-0.05, 0) is 18.6 Å². The first-order chi connectivity index (χ1) is 8.77. The average molecular weight is 262 g/mol. The van der Waals surface area contributed by atoms with Gasteiger partial charge in [-0.1, -0.05) is 17.4 Å². The molecule has 6 nitrogen and oxygen atoms in total. The van der Waals surface area contributed by atoms with Crippen LogP contribution in [-0.4, -0.2) is 31.5 Å². The maximum absolute atomic E-state index is 5.60. The van der Waals surface area contributed by atoms with Gasteiger partial charge in [-0.25, -0.2) is 0 Å². The topological polar surface area (TPSA) is 81.6 Å². The molecule has 0 aromatic carbocycles. The van der Waals surface area contributed by atoms with Crippen molar-refractivity contribution < 1.29 is 0 Å². The van der Waals surface area contributed by atoms with Crippen LogP contribution in [0.5, 0.6) is 0 Å². The lowest BCUT2D eigenvalue weighted by Crippen LogP contribution is -2.16. The molecular weight excluding hydrogens is 248 g/mol. The van der Waals surface area contributed by atoms with Crippen molar-refractivity contribution in [1.29, 1.82) is 0 Å². The zero-order valence-corrected chi connectivity index (χ0v) is 10.6. The van der Waals surface area contributed by atoms with E-state index in [4.69, 9.17) is 18.0 Å². The molecule has 0 saturated carbocycles. The van der Waals surface area contributed by atoms with E-state index in [0.717, 1.165) is 25.2 Å². The van der Waals surface area contributed by atoms with Crippen LogP contribution in [0, 0.1) is 0 Å². The molecule has 0 atom stereocenters. The molecule has 0 amide bonds. The normalized spacial score (nSPS) is 10.2. The summed E-state index contributed by atoms with van der Waals surface area (Å²) in [6.45, 7) is 1.61. The largest absolute Gasteiger partial charge is 0.388 e. The molecule has 3 N–H and O–H groups in total. The van der Waals surface area contributed by atoms with Crippen molar-refractivity contribution in [1.82, 2.24) is 20.0 Å². The highest BCUT2D eigenvalue weighted by atomic mass is 32.1. The van der Waals surface area contributed by atoms with Crippen molar-refractivity contribution in [3.8, 4) is 0 Å². The summed E-state index contributed by atoms with van der Waals surface area (Å²) in [5, 5.41) is 10.9. The van der Waals surface area contributed by atoms with Gasteiger partial charge in [0.1, 0.15) is 10.7 Å². The maximum atomic E-state index is 5.60. The van der Waals surface area contributed by atoms with Gasteiger partial charge in [0.2, 0.25) is 0 Å². The summed E-state index contributed by atoms with van der Waals surface area (Å²) >= 11 is 4.95. The molecule has 0 aliphatic carbocycles. The standard InChI is InChI=1S/C11H14N6S/c12-11(18)10-9(3-1-4-14-10)13-5-2-7-17-8-6-15-16-17/h1,3-4,6,8,13H,2,5,7H2,(H2,12,18). The summed E-state index contributed by atoms with van der Waals surface area (Å²) in [4.78, 5) is 4.45. The second-order valence-corrected chi connectivity index (χ2v) is 4.15. The predicted molar refractivity (Wildman–Crippen MR) is 73.3 cm³/mol. The van der Waals surface area contributed by atoms with Gasteiger partial charge in [0, 0.05) is 25.5 Å². The zero-order valence-electron chi connectivity index (χ0n) is 9.78. The number of nitrogens with two attached hydrogens (primary N) is 1. The number of hydrogen-bond donors (Lipinski definition) is 2. The van der Waals surface area contributed by atoms with E-state index < -0.39 is 0 Å². The van der Waals surface area contributed by atoms with Gasteiger partial charge in [0.15, 0.2) is 0 Å². The molecule has 2 heterocycles. The van der Waals surface area contributed by atoms with Crippen LogP contribution in [0.4, 0.5) is 5.69 Å². The summed E-state index contributed by atoms with van der Waals surface area (Å²) in [5.41, 5.74) is 7.10. The minimum atomic E-state index is 0.300. The molecule has 2 aromatic rings. The van der Waals surface area contributed by atoms with Gasteiger partial charge >= 0.3 is 0 Å². The third-order valence-corrected chi connectivity index (χ3v) is 2.59. The fraction of sp³-hybridized carbons (Fsp3) is 0.273. The van der Waals surface area contributed by atoms with Crippen LogP contribution < -0.4 is 11.1 Å². The fourth-order valence-electron chi connectivity index (χ4n) is 1.56. The highest BCUT2D eigenvalue weighted by Gasteiger charge is 2.04. The van der Waals surface area contributed by atoms with Crippen LogP contribution in [0.3, 0.4) is 0 Å². The summed E-state index contributed by atoms with van der Waals surface area (Å²) < 4.78 is 1.79. The smallest absolute Gasteiger partial charge is 0.124 e. The van der Waals surface area contributed by atoms with Crippen molar-refractivity contribution in [3.63, 3.8) is 0 Å². The van der Waals surface area contributed by atoms with E-state index >= 15 is 0 Å². The molecule has 0 radical (unpaired) electrons. The van der Waals surface area contributed by atoms with Crippen molar-refractivity contribution in [3.05, 3.63) is 36.4 Å². The average Bonchev–Trinajstić information content (AvgIpc) is 2.88. The van der Waals surface area contributed by atoms with Gasteiger partial charge in [0.25, 0.3) is 0 Å². The van der Waals surface area contributed by atoms with E-state index in [9.17, 15) is 0 Å². The Morgan fingerprint density at radius 2 is 2.33 bits per heavy atom. The van der Waals surface area contributed by atoms with Gasteiger partial charge in [-0.2, -0.15) is 0 Å². The third-order valence-electron chi connectivity index (χ3n) is 2.39. The first kappa shape index (κ1) is 12.4. The first-order valence-electron chi connectivity index (χ1n) is 5.60. The lowest BCUT2D eigenvalue weighted by atomic mass is 10.3. The van der Waals surface area contributed by atoms with Gasteiger partial charge in [0.05, 0.1) is 11.9 Å². The number of nitrogens with zero attached hydrogens (tertiary/aromatic N) is 4. The second kappa shape index (κ2) is 6.06. The van der Waals surface area contributed by atoms with Crippen molar-refractivity contribution in [2.24, 2.45) is 5.73 Å². The Balaban J connectivity index is 1.85. The molecule has 0 bridgehead atoms. The number of anilines is 1. The number of thiocarbonyl (C=S) groups is 1. The highest BCUT2D eigenvalue weighted by molar-refractivity contribution is 7.80. The maximum Gasteiger partial charge on any atom is 0.124 e. The molecule has 2 rings (SSSR count). The van der Waals surface area contributed by atoms with E-state index in [2.05, 4.69) is 20.6 Å². The van der Waals surface area contributed by atoms with Crippen LogP contribution >= 0.6 is 12.2 Å². The summed E-state index contributed by atoms with van der Waals surface area (Å²) in [6, 6.07) is 3.76. The molecule has 0 saturated heterocycles. The Labute approximate surface area is 110 Å². The Kier molecular flexibility index (Phi) is 4.19. The Morgan fingerprint density at radius 1 is 1.44 bits per heavy atom. The molecule has 94 valence electrons. The summed E-state index contributed by atoms with van der Waals surface area (Å²) in [7, 11) is 0. The van der Waals surface area contributed by atoms with Crippen LogP contribution in [0.1, 0.15) is 12.1 Å². The van der Waals surface area contributed by atoms with Gasteiger partial charge < -0.3 is 11.1 Å². The van der Waals surface area contributed by atoms with E-state index in [-0.39, 0.29) is 0 Å². The lowest BCUT2D eigenvalue weighted by Gasteiger charge is -2.09. The van der Waals surface area contributed by atoms with Crippen LogP contribution in [0.25, 0.3) is 0 Å². The number of aromatic nitrogens is 4. The quantitative estimate of drug-likeness (QED) is 0.592. The summed E-state index contributed by atoms with van der Waals surface area (Å²) in [5.74, 6) is 0. The number of aryl methyl sites for hydroxylation is 1. The fourth-order valence-corrected chi connectivity index (χ4v) is 1.72. The van der Waals surface area contributed by atoms with Crippen molar-refractivity contribution in [2.75, 3.05) is 11.9 Å². The monoisotopic (exact) mass is 262 g/mol. The van der Waals surface area contributed by atoms with Crippen molar-refractivity contribution >= 4 is 22.9 Å². The zero-order chi connectivity index (χ0) is 12.8. The van der Waals surface area contributed by atoms with Crippen LogP contribution in [0.2, 0.25) is 0 Å². The van der Waals surface area contributed by atoms with Crippen LogP contribution in [-0.2, 0) is 6.54 Å². The minimum absolute atomic E-state index is 0.300. The molecule has 0 unspecified atom stereocenters. The molecule has 0 aliphatic rings. The second-order valence-electron chi connectivity index (χ2n) is 3.71. The van der Waals surface area contributed by atoms with E-state index in [1.54, 1.807) is 17.1 Å². The molecule has 0 aliphatic heterocycles. The molecule has 7 heteroatoms. The van der Waals surface area contributed by atoms with Gasteiger partial charge in [-0.3, -0.25) is 9.67 Å². The minimum Gasteiger partial charge on any atom is -0.388 e. The van der Waals surface area contributed by atoms with Gasteiger partial charge in [-0.15, -0.1) is 5.10 Å². The predicted octanol–water partition coefficient (Wildman–Crippen LogP) is 0.809. The lowest BCUT2D eigenvalue weighted by molar-refractivity contribution is 0.570. The molecular formula is C11H14N6S. The molecule has 0 spiro atoms. The number of hydrogen-bond acceptors (Lipinski definition) is 5. The van der Waals surface area contributed by atoms with Crippen LogP contribution in [0.15, 0.2) is 30.7 Å². The first-order valence-corrected chi connectivity index (χ1v) is 6.01. The molecule has 18 heavy (non-hydrogen) atoms. The highest BCUT2D eigenvalue weighted by Crippen LogP contribution is 2.11. The number of rotatable bonds is 6. The van der Waals surface area contributed by atoms with E-state index in [1.165, 1.54) is 0 Å². The Morgan fingerprint density at radius 3 is 3.06 bits per heavy atom. The van der Waals surface area contributed by atoms with Crippen molar-refractivity contribution in [2.45, 2.75) is 13.0 Å². The van der Waals surface area contributed by atoms with E-state index in [1.807, 2.05) is 18.3 Å². The Hall–Kier alpha value is -2.02. The third kappa shape index (κ3) is 3.24. The number of nitrogens with one attached hydrogen (secondary N) is 1. The van der Waals surface area contributed by atoms with E-state index in [0.29, 0.717) is 10.7 Å². The molecule has 0 fully saturated rings. The molecule has 2 aromatic heterocycles. The number of pyridine rings is 1. The Bertz CT molecular complexity index is 510. The SMILES string of the molecule is NC(=S)c1ncccc1NCCCn1ccnn1. The summed E-state index contributed by atoms with van der Waals surface area (Å²) in [6.07, 6.45) is 6.11.